The first-order valence-corrected chi connectivity index (χ1v) is 6.67. The van der Waals surface area contributed by atoms with E-state index >= 15 is 0 Å². The van der Waals surface area contributed by atoms with E-state index in [0.29, 0.717) is 25.6 Å². The first kappa shape index (κ1) is 15.0. The Bertz CT molecular complexity index is 441. The van der Waals surface area contributed by atoms with Crippen molar-refractivity contribution >= 4 is 5.95 Å². The average Bonchev–Trinajstić information content (AvgIpc) is 2.70. The van der Waals surface area contributed by atoms with Gasteiger partial charge in [-0.3, -0.25) is 4.90 Å². The van der Waals surface area contributed by atoms with Crippen molar-refractivity contribution in [3.63, 3.8) is 0 Å². The smallest absolute Gasteiger partial charge is 0.354 e. The van der Waals surface area contributed by atoms with E-state index < -0.39 is 12.7 Å². The molecule has 0 aromatic carbocycles. The summed E-state index contributed by atoms with van der Waals surface area (Å²) in [7, 11) is 0. The van der Waals surface area contributed by atoms with Gasteiger partial charge < -0.3 is 5.32 Å². The Morgan fingerprint density at radius 3 is 2.55 bits per heavy atom. The minimum Gasteiger partial charge on any atom is -0.354 e. The van der Waals surface area contributed by atoms with E-state index in [9.17, 15) is 13.2 Å². The van der Waals surface area contributed by atoms with Crippen molar-refractivity contribution in [1.82, 2.24) is 14.9 Å². The van der Waals surface area contributed by atoms with Crippen LogP contribution in [0.15, 0.2) is 6.07 Å². The molecule has 1 aromatic heterocycles. The zero-order chi connectivity index (χ0) is 14.8. The summed E-state index contributed by atoms with van der Waals surface area (Å²) in [6.07, 6.45) is -3.34. The van der Waals surface area contributed by atoms with E-state index in [2.05, 4.69) is 15.3 Å². The minimum absolute atomic E-state index is 0.210. The first-order chi connectivity index (χ1) is 9.32. The van der Waals surface area contributed by atoms with Gasteiger partial charge in [0.2, 0.25) is 5.95 Å². The molecule has 1 aliphatic heterocycles. The van der Waals surface area contributed by atoms with Crippen molar-refractivity contribution in [1.29, 1.82) is 0 Å². The molecule has 1 unspecified atom stereocenters. The number of hydrogen-bond donors (Lipinski definition) is 1. The van der Waals surface area contributed by atoms with Gasteiger partial charge in [-0.05, 0) is 38.8 Å². The third kappa shape index (κ3) is 4.63. The molecule has 1 saturated heterocycles. The quantitative estimate of drug-likeness (QED) is 0.923. The Morgan fingerprint density at radius 1 is 1.30 bits per heavy atom. The number of anilines is 1. The second-order valence-electron chi connectivity index (χ2n) is 5.36. The van der Waals surface area contributed by atoms with Gasteiger partial charge >= 0.3 is 6.18 Å². The number of aromatic nitrogens is 2. The van der Waals surface area contributed by atoms with Crippen LogP contribution < -0.4 is 5.32 Å². The van der Waals surface area contributed by atoms with Crippen molar-refractivity contribution in [2.75, 3.05) is 31.5 Å². The normalized spacial score (nSPS) is 20.4. The van der Waals surface area contributed by atoms with Gasteiger partial charge in [0.25, 0.3) is 0 Å². The fourth-order valence-corrected chi connectivity index (χ4v) is 2.52. The van der Waals surface area contributed by atoms with E-state index in [4.69, 9.17) is 0 Å². The highest BCUT2D eigenvalue weighted by atomic mass is 19.4. The van der Waals surface area contributed by atoms with Gasteiger partial charge in [0.15, 0.2) is 0 Å². The monoisotopic (exact) mass is 288 g/mol. The molecule has 0 amide bonds. The SMILES string of the molecule is Cc1cc(C)nc(NCC2CCN(CC(F)(F)F)C2)n1. The first-order valence-electron chi connectivity index (χ1n) is 6.67. The molecule has 2 heterocycles. The summed E-state index contributed by atoms with van der Waals surface area (Å²) in [4.78, 5) is 9.97. The predicted molar refractivity (Wildman–Crippen MR) is 70.6 cm³/mol. The van der Waals surface area contributed by atoms with Crippen LogP contribution >= 0.6 is 0 Å². The highest BCUT2D eigenvalue weighted by Crippen LogP contribution is 2.22. The van der Waals surface area contributed by atoms with Gasteiger partial charge in [-0.2, -0.15) is 13.2 Å². The molecule has 0 aliphatic carbocycles. The van der Waals surface area contributed by atoms with Gasteiger partial charge in [-0.1, -0.05) is 0 Å². The van der Waals surface area contributed by atoms with Crippen LogP contribution in [-0.2, 0) is 0 Å². The Balaban J connectivity index is 1.81. The predicted octanol–water partition coefficient (Wildman–Crippen LogP) is 2.39. The number of likely N-dealkylation sites (tertiary alicyclic amines) is 1. The van der Waals surface area contributed by atoms with Crippen molar-refractivity contribution in [3.8, 4) is 0 Å². The van der Waals surface area contributed by atoms with Gasteiger partial charge in [0.05, 0.1) is 6.54 Å². The molecule has 1 atom stereocenters. The Labute approximate surface area is 116 Å². The third-order valence-corrected chi connectivity index (χ3v) is 3.30. The molecule has 0 bridgehead atoms. The van der Waals surface area contributed by atoms with E-state index in [1.807, 2.05) is 19.9 Å². The lowest BCUT2D eigenvalue weighted by Crippen LogP contribution is -2.33. The number of rotatable bonds is 4. The number of aryl methyl sites for hydroxylation is 2. The molecule has 1 N–H and O–H groups in total. The molecule has 0 radical (unpaired) electrons. The molecule has 1 aliphatic rings. The second kappa shape index (κ2) is 5.95. The molecule has 20 heavy (non-hydrogen) atoms. The van der Waals surface area contributed by atoms with E-state index in [1.165, 1.54) is 4.90 Å². The summed E-state index contributed by atoms with van der Waals surface area (Å²) in [6, 6.07) is 1.88. The molecule has 112 valence electrons. The van der Waals surface area contributed by atoms with Crippen LogP contribution in [-0.4, -0.2) is 47.2 Å². The number of halogens is 3. The number of alkyl halides is 3. The average molecular weight is 288 g/mol. The van der Waals surface area contributed by atoms with Crippen molar-refractivity contribution < 1.29 is 13.2 Å². The lowest BCUT2D eigenvalue weighted by Gasteiger charge is -2.18. The Morgan fingerprint density at radius 2 is 1.95 bits per heavy atom. The van der Waals surface area contributed by atoms with Crippen molar-refractivity contribution in [2.24, 2.45) is 5.92 Å². The maximum atomic E-state index is 12.3. The van der Waals surface area contributed by atoms with E-state index in [1.54, 1.807) is 0 Å². The van der Waals surface area contributed by atoms with Crippen LogP contribution in [0.25, 0.3) is 0 Å². The topological polar surface area (TPSA) is 41.1 Å². The minimum atomic E-state index is -4.11. The van der Waals surface area contributed by atoms with E-state index in [-0.39, 0.29) is 5.92 Å². The molecule has 0 saturated carbocycles. The highest BCUT2D eigenvalue weighted by molar-refractivity contribution is 5.27. The maximum Gasteiger partial charge on any atom is 0.401 e. The molecule has 1 aromatic rings. The van der Waals surface area contributed by atoms with Crippen LogP contribution in [0.1, 0.15) is 17.8 Å². The lowest BCUT2D eigenvalue weighted by atomic mass is 10.1. The lowest BCUT2D eigenvalue weighted by molar-refractivity contribution is -0.143. The number of hydrogen-bond acceptors (Lipinski definition) is 4. The fourth-order valence-electron chi connectivity index (χ4n) is 2.52. The Kier molecular flexibility index (Phi) is 4.47. The molecule has 1 fully saturated rings. The number of nitrogens with zero attached hydrogens (tertiary/aromatic N) is 3. The zero-order valence-electron chi connectivity index (χ0n) is 11.7. The van der Waals surface area contributed by atoms with Crippen LogP contribution in [0.5, 0.6) is 0 Å². The maximum absolute atomic E-state index is 12.3. The molecular formula is C13H19F3N4. The summed E-state index contributed by atoms with van der Waals surface area (Å²) < 4.78 is 36.9. The number of nitrogens with one attached hydrogen (secondary N) is 1. The van der Waals surface area contributed by atoms with Gasteiger partial charge in [-0.25, -0.2) is 9.97 Å². The van der Waals surface area contributed by atoms with Crippen LogP contribution in [0.3, 0.4) is 0 Å². The molecule has 7 heteroatoms. The second-order valence-corrected chi connectivity index (χ2v) is 5.36. The van der Waals surface area contributed by atoms with E-state index in [0.717, 1.165) is 17.8 Å². The summed E-state index contributed by atoms with van der Waals surface area (Å²) in [6.45, 7) is 4.54. The van der Waals surface area contributed by atoms with Crippen LogP contribution in [0.2, 0.25) is 0 Å². The van der Waals surface area contributed by atoms with Gasteiger partial charge in [0.1, 0.15) is 0 Å². The zero-order valence-corrected chi connectivity index (χ0v) is 11.7. The standard InChI is InChI=1S/C13H19F3N4/c1-9-5-10(2)19-12(18-9)17-6-11-3-4-20(7-11)8-13(14,15)16/h5,11H,3-4,6-8H2,1-2H3,(H,17,18,19). The Hall–Kier alpha value is -1.37. The molecule has 4 nitrogen and oxygen atoms in total. The summed E-state index contributed by atoms with van der Waals surface area (Å²) in [5.74, 6) is 0.763. The largest absolute Gasteiger partial charge is 0.401 e. The molecule has 0 spiro atoms. The summed E-state index contributed by atoms with van der Waals surface area (Å²) >= 11 is 0. The van der Waals surface area contributed by atoms with Gasteiger partial charge in [0, 0.05) is 24.5 Å². The van der Waals surface area contributed by atoms with Crippen LogP contribution in [0.4, 0.5) is 19.1 Å². The third-order valence-electron chi connectivity index (χ3n) is 3.30. The van der Waals surface area contributed by atoms with Crippen LogP contribution in [0, 0.1) is 19.8 Å². The highest BCUT2D eigenvalue weighted by Gasteiger charge is 2.34. The van der Waals surface area contributed by atoms with Gasteiger partial charge in [-0.15, -0.1) is 0 Å². The fraction of sp³-hybridized carbons (Fsp3) is 0.692. The molecular weight excluding hydrogens is 269 g/mol. The van der Waals surface area contributed by atoms with Crippen molar-refractivity contribution in [2.45, 2.75) is 26.4 Å². The summed E-state index contributed by atoms with van der Waals surface area (Å²) in [5.41, 5.74) is 1.76. The van der Waals surface area contributed by atoms with Crippen molar-refractivity contribution in [3.05, 3.63) is 17.5 Å². The molecule has 2 rings (SSSR count). The summed E-state index contributed by atoms with van der Waals surface area (Å²) in [5, 5.41) is 3.12.